The van der Waals surface area contributed by atoms with Gasteiger partial charge in [0.1, 0.15) is 6.23 Å². The van der Waals surface area contributed by atoms with Crippen molar-refractivity contribution in [2.75, 3.05) is 6.54 Å². The predicted molar refractivity (Wildman–Crippen MR) is 29.9 cm³/mol. The van der Waals surface area contributed by atoms with Crippen molar-refractivity contribution in [2.45, 2.75) is 18.8 Å². The summed E-state index contributed by atoms with van der Waals surface area (Å²) in [7, 11) is 0. The molecule has 0 saturated carbocycles. The molecule has 6 N–H and O–H groups in total. The normalized spacial score (nSPS) is 18.0. The molecule has 2 unspecified atom stereocenters. The van der Waals surface area contributed by atoms with Gasteiger partial charge in [-0.1, -0.05) is 0 Å². The third kappa shape index (κ3) is 4.01. The molecule has 0 aliphatic heterocycles. The summed E-state index contributed by atoms with van der Waals surface area (Å²) in [4.78, 5) is 0. The Morgan fingerprint density at radius 2 is 1.88 bits per heavy atom. The molecule has 0 fully saturated rings. The lowest BCUT2D eigenvalue weighted by Gasteiger charge is -2.08. The van der Waals surface area contributed by atoms with E-state index in [9.17, 15) is 0 Å². The molecule has 0 aliphatic carbocycles. The van der Waals surface area contributed by atoms with Crippen molar-refractivity contribution >= 4 is 0 Å². The SMILES string of the molecule is NCC(O)CC(N)O. The summed E-state index contributed by atoms with van der Waals surface area (Å²) in [5.41, 5.74) is 9.91. The zero-order valence-electron chi connectivity index (χ0n) is 4.62. The van der Waals surface area contributed by atoms with Gasteiger partial charge in [0, 0.05) is 13.0 Å². The highest BCUT2D eigenvalue weighted by molar-refractivity contribution is 4.57. The Labute approximate surface area is 48.1 Å². The van der Waals surface area contributed by atoms with Gasteiger partial charge in [0.25, 0.3) is 0 Å². The fourth-order valence-electron chi connectivity index (χ4n) is 0.375. The first-order valence-corrected chi connectivity index (χ1v) is 2.48. The minimum absolute atomic E-state index is 0.147. The molecule has 0 bridgehead atoms. The van der Waals surface area contributed by atoms with Gasteiger partial charge in [-0.25, -0.2) is 0 Å². The van der Waals surface area contributed by atoms with Crippen LogP contribution in [0.5, 0.6) is 0 Å². The van der Waals surface area contributed by atoms with Gasteiger partial charge in [0.15, 0.2) is 0 Å². The lowest BCUT2D eigenvalue weighted by atomic mass is 10.2. The van der Waals surface area contributed by atoms with Crippen molar-refractivity contribution in [1.82, 2.24) is 0 Å². The second kappa shape index (κ2) is 3.80. The summed E-state index contributed by atoms with van der Waals surface area (Å²) >= 11 is 0. The summed E-state index contributed by atoms with van der Waals surface area (Å²) in [6.45, 7) is 0.147. The van der Waals surface area contributed by atoms with E-state index in [1.165, 1.54) is 0 Å². The summed E-state index contributed by atoms with van der Waals surface area (Å²) < 4.78 is 0. The van der Waals surface area contributed by atoms with E-state index in [4.69, 9.17) is 21.7 Å². The van der Waals surface area contributed by atoms with Crippen LogP contribution in [-0.2, 0) is 0 Å². The summed E-state index contributed by atoms with van der Waals surface area (Å²) in [5.74, 6) is 0. The van der Waals surface area contributed by atoms with E-state index in [1.54, 1.807) is 0 Å². The Bertz CT molecular complexity index is 58.0. The van der Waals surface area contributed by atoms with E-state index in [0.717, 1.165) is 0 Å². The first kappa shape index (κ1) is 7.84. The third-order valence-electron chi connectivity index (χ3n) is 0.786. The Morgan fingerprint density at radius 1 is 1.38 bits per heavy atom. The molecular formula is C4H12N2O2. The Balaban J connectivity index is 3.10. The summed E-state index contributed by atoms with van der Waals surface area (Å²) in [6.07, 6.45) is -1.47. The number of hydrogen-bond donors (Lipinski definition) is 4. The lowest BCUT2D eigenvalue weighted by Crippen LogP contribution is -2.30. The Morgan fingerprint density at radius 3 is 2.00 bits per heavy atom. The second-order valence-corrected chi connectivity index (χ2v) is 1.69. The van der Waals surface area contributed by atoms with Crippen molar-refractivity contribution < 1.29 is 10.2 Å². The second-order valence-electron chi connectivity index (χ2n) is 1.69. The molecule has 0 aromatic carbocycles. The number of rotatable bonds is 3. The molecule has 0 aromatic rings. The van der Waals surface area contributed by atoms with Crippen molar-refractivity contribution in [1.29, 1.82) is 0 Å². The van der Waals surface area contributed by atoms with Crippen molar-refractivity contribution in [3.05, 3.63) is 0 Å². The van der Waals surface area contributed by atoms with E-state index in [0.29, 0.717) is 0 Å². The maximum absolute atomic E-state index is 8.66. The van der Waals surface area contributed by atoms with E-state index in [-0.39, 0.29) is 13.0 Å². The first-order chi connectivity index (χ1) is 3.66. The molecule has 50 valence electrons. The molecule has 0 aromatic heterocycles. The topological polar surface area (TPSA) is 92.5 Å². The largest absolute Gasteiger partial charge is 0.392 e. The van der Waals surface area contributed by atoms with E-state index in [1.807, 2.05) is 0 Å². The molecule has 0 aliphatic rings. The van der Waals surface area contributed by atoms with Gasteiger partial charge in [0.2, 0.25) is 0 Å². The van der Waals surface area contributed by atoms with E-state index in [2.05, 4.69) is 0 Å². The molecule has 0 spiro atoms. The highest BCUT2D eigenvalue weighted by Gasteiger charge is 2.03. The molecule has 4 heteroatoms. The zero-order chi connectivity index (χ0) is 6.57. The highest BCUT2D eigenvalue weighted by atomic mass is 16.3. The molecule has 4 nitrogen and oxygen atoms in total. The van der Waals surface area contributed by atoms with Crippen LogP contribution >= 0.6 is 0 Å². The van der Waals surface area contributed by atoms with Crippen LogP contribution in [0.25, 0.3) is 0 Å². The van der Waals surface area contributed by atoms with Gasteiger partial charge in [-0.05, 0) is 0 Å². The van der Waals surface area contributed by atoms with Gasteiger partial charge >= 0.3 is 0 Å². The minimum atomic E-state index is -0.950. The van der Waals surface area contributed by atoms with Crippen LogP contribution in [0.2, 0.25) is 0 Å². The molecule has 2 atom stereocenters. The van der Waals surface area contributed by atoms with Crippen LogP contribution in [0, 0.1) is 0 Å². The average Bonchev–Trinajstić information content (AvgIpc) is 1.65. The summed E-state index contributed by atoms with van der Waals surface area (Å²) in [5, 5.41) is 17.1. The van der Waals surface area contributed by atoms with Crippen LogP contribution in [0.4, 0.5) is 0 Å². The van der Waals surface area contributed by atoms with Gasteiger partial charge in [-0.15, -0.1) is 0 Å². The predicted octanol–water partition coefficient (Wildman–Crippen LogP) is -2.03. The fraction of sp³-hybridized carbons (Fsp3) is 1.00. The van der Waals surface area contributed by atoms with Gasteiger partial charge in [-0.2, -0.15) is 0 Å². The maximum atomic E-state index is 8.66. The van der Waals surface area contributed by atoms with Crippen LogP contribution in [0.3, 0.4) is 0 Å². The van der Waals surface area contributed by atoms with E-state index >= 15 is 0 Å². The molecule has 0 amide bonds. The quantitative estimate of drug-likeness (QED) is 0.323. The maximum Gasteiger partial charge on any atom is 0.104 e. The van der Waals surface area contributed by atoms with Crippen LogP contribution in [0.1, 0.15) is 6.42 Å². The lowest BCUT2D eigenvalue weighted by molar-refractivity contribution is 0.0890. The van der Waals surface area contributed by atoms with Crippen molar-refractivity contribution in [3.63, 3.8) is 0 Å². The summed E-state index contributed by atoms with van der Waals surface area (Å²) in [6, 6.07) is 0. The van der Waals surface area contributed by atoms with Crippen molar-refractivity contribution in [2.24, 2.45) is 11.5 Å². The molecule has 0 radical (unpaired) electrons. The first-order valence-electron chi connectivity index (χ1n) is 2.48. The van der Waals surface area contributed by atoms with Crippen LogP contribution in [-0.4, -0.2) is 29.1 Å². The average molecular weight is 120 g/mol. The number of nitrogens with two attached hydrogens (primary N) is 2. The number of hydrogen-bond acceptors (Lipinski definition) is 4. The van der Waals surface area contributed by atoms with Crippen LogP contribution < -0.4 is 11.5 Å². The minimum Gasteiger partial charge on any atom is -0.392 e. The standard InChI is InChI=1S/C4H12N2O2/c5-2-3(7)1-4(6)8/h3-4,7-8H,1-2,5-6H2. The van der Waals surface area contributed by atoms with E-state index < -0.39 is 12.3 Å². The smallest absolute Gasteiger partial charge is 0.104 e. The fourth-order valence-corrected chi connectivity index (χ4v) is 0.375. The van der Waals surface area contributed by atoms with Gasteiger partial charge in [-0.3, -0.25) is 0 Å². The third-order valence-corrected chi connectivity index (χ3v) is 0.786. The molecular weight excluding hydrogens is 108 g/mol. The Hall–Kier alpha value is -0.160. The van der Waals surface area contributed by atoms with Gasteiger partial charge in [0.05, 0.1) is 6.10 Å². The van der Waals surface area contributed by atoms with Gasteiger partial charge < -0.3 is 21.7 Å². The molecule has 8 heavy (non-hydrogen) atoms. The molecule has 0 heterocycles. The number of aliphatic hydroxyl groups excluding tert-OH is 2. The molecule has 0 saturated heterocycles. The zero-order valence-corrected chi connectivity index (χ0v) is 4.62. The monoisotopic (exact) mass is 120 g/mol. The van der Waals surface area contributed by atoms with Crippen LogP contribution in [0.15, 0.2) is 0 Å². The number of aliphatic hydroxyl groups is 2. The molecule has 0 rings (SSSR count). The van der Waals surface area contributed by atoms with Crippen molar-refractivity contribution in [3.8, 4) is 0 Å². The Kier molecular flexibility index (Phi) is 3.72. The highest BCUT2D eigenvalue weighted by Crippen LogP contribution is 1.88.